The van der Waals surface area contributed by atoms with E-state index in [0.717, 1.165) is 5.69 Å². The number of carbonyl (C=O) groups is 1. The van der Waals surface area contributed by atoms with E-state index in [4.69, 9.17) is 5.26 Å². The standard InChI is InChI=1S/C8H8N2O2S/c1-5-4-13-7(10-5)6(3-9)8(11)12-2/h4,6H,1-2H3. The maximum Gasteiger partial charge on any atom is 0.330 e. The summed E-state index contributed by atoms with van der Waals surface area (Å²) in [6.45, 7) is 1.81. The Labute approximate surface area is 79.8 Å². The van der Waals surface area contributed by atoms with Gasteiger partial charge < -0.3 is 4.74 Å². The van der Waals surface area contributed by atoms with Crippen molar-refractivity contribution in [1.82, 2.24) is 4.98 Å². The van der Waals surface area contributed by atoms with Crippen LogP contribution < -0.4 is 0 Å². The van der Waals surface area contributed by atoms with Crippen LogP contribution in [-0.4, -0.2) is 18.1 Å². The summed E-state index contributed by atoms with van der Waals surface area (Å²) in [7, 11) is 1.26. The Balaban J connectivity index is 2.92. The van der Waals surface area contributed by atoms with Gasteiger partial charge in [0, 0.05) is 11.1 Å². The quantitative estimate of drug-likeness (QED) is 0.667. The molecule has 0 aromatic carbocycles. The van der Waals surface area contributed by atoms with Crippen molar-refractivity contribution in [3.05, 3.63) is 16.1 Å². The minimum Gasteiger partial charge on any atom is -0.468 e. The zero-order chi connectivity index (χ0) is 9.84. The number of carbonyl (C=O) groups excluding carboxylic acids is 1. The van der Waals surface area contributed by atoms with Crippen LogP contribution in [0.2, 0.25) is 0 Å². The van der Waals surface area contributed by atoms with E-state index >= 15 is 0 Å². The number of rotatable bonds is 2. The molecule has 0 N–H and O–H groups in total. The molecule has 0 radical (unpaired) electrons. The summed E-state index contributed by atoms with van der Waals surface area (Å²) in [4.78, 5) is 15.1. The highest BCUT2D eigenvalue weighted by Gasteiger charge is 2.23. The number of methoxy groups -OCH3 is 1. The van der Waals surface area contributed by atoms with Gasteiger partial charge in [-0.25, -0.2) is 4.98 Å². The van der Waals surface area contributed by atoms with Gasteiger partial charge in [0.1, 0.15) is 5.01 Å². The molecule has 0 saturated heterocycles. The van der Waals surface area contributed by atoms with Crippen LogP contribution in [0.4, 0.5) is 0 Å². The van der Waals surface area contributed by atoms with Crippen LogP contribution in [0.5, 0.6) is 0 Å². The van der Waals surface area contributed by atoms with Gasteiger partial charge in [0.25, 0.3) is 0 Å². The number of ether oxygens (including phenoxy) is 1. The van der Waals surface area contributed by atoms with Gasteiger partial charge in [-0.15, -0.1) is 11.3 Å². The average Bonchev–Trinajstić information content (AvgIpc) is 2.53. The second kappa shape index (κ2) is 4.01. The molecular formula is C8H8N2O2S. The predicted octanol–water partition coefficient (Wildman–Crippen LogP) is 1.23. The third kappa shape index (κ3) is 2.04. The second-order valence-corrected chi connectivity index (χ2v) is 3.30. The molecule has 1 aromatic rings. The Morgan fingerprint density at radius 2 is 2.54 bits per heavy atom. The lowest BCUT2D eigenvalue weighted by Gasteiger charge is -2.01. The van der Waals surface area contributed by atoms with Gasteiger partial charge in [-0.1, -0.05) is 0 Å². The predicted molar refractivity (Wildman–Crippen MR) is 47.2 cm³/mol. The third-order valence-electron chi connectivity index (χ3n) is 1.45. The Morgan fingerprint density at radius 3 is 2.92 bits per heavy atom. The van der Waals surface area contributed by atoms with Crippen molar-refractivity contribution in [1.29, 1.82) is 5.26 Å². The van der Waals surface area contributed by atoms with Gasteiger partial charge in [-0.2, -0.15) is 5.26 Å². The maximum atomic E-state index is 11.1. The molecule has 0 fully saturated rings. The summed E-state index contributed by atoms with van der Waals surface area (Å²) in [5.41, 5.74) is 0.809. The number of thiazole rings is 1. The Hall–Kier alpha value is -1.41. The van der Waals surface area contributed by atoms with E-state index < -0.39 is 11.9 Å². The van der Waals surface area contributed by atoms with Crippen molar-refractivity contribution in [3.63, 3.8) is 0 Å². The van der Waals surface area contributed by atoms with E-state index in [1.54, 1.807) is 5.38 Å². The molecule has 0 bridgehead atoms. The number of aryl methyl sites for hydroxylation is 1. The SMILES string of the molecule is COC(=O)C(C#N)c1nc(C)cs1. The van der Waals surface area contributed by atoms with E-state index in [2.05, 4.69) is 9.72 Å². The fraction of sp³-hybridized carbons (Fsp3) is 0.375. The summed E-state index contributed by atoms with van der Waals surface area (Å²) in [6, 6.07) is 1.86. The summed E-state index contributed by atoms with van der Waals surface area (Å²) in [6.07, 6.45) is 0. The second-order valence-electron chi connectivity index (χ2n) is 2.41. The lowest BCUT2D eigenvalue weighted by molar-refractivity contribution is -0.140. The first kappa shape index (κ1) is 9.68. The molecule has 1 aromatic heterocycles. The summed E-state index contributed by atoms with van der Waals surface area (Å²) >= 11 is 1.29. The van der Waals surface area contributed by atoms with E-state index in [-0.39, 0.29) is 0 Å². The van der Waals surface area contributed by atoms with Crippen LogP contribution in [0.1, 0.15) is 16.6 Å². The van der Waals surface area contributed by atoms with Crippen LogP contribution >= 0.6 is 11.3 Å². The third-order valence-corrected chi connectivity index (χ3v) is 2.48. The largest absolute Gasteiger partial charge is 0.468 e. The Kier molecular flexibility index (Phi) is 2.98. The van der Waals surface area contributed by atoms with Gasteiger partial charge in [-0.05, 0) is 6.92 Å². The molecule has 0 aliphatic rings. The monoisotopic (exact) mass is 196 g/mol. The highest BCUT2D eigenvalue weighted by atomic mass is 32.1. The topological polar surface area (TPSA) is 63.0 Å². The van der Waals surface area contributed by atoms with Crippen LogP contribution in [-0.2, 0) is 9.53 Å². The number of hydrogen-bond donors (Lipinski definition) is 0. The number of aromatic nitrogens is 1. The molecule has 4 nitrogen and oxygen atoms in total. The molecule has 0 aliphatic heterocycles. The van der Waals surface area contributed by atoms with Crippen LogP contribution in [0.3, 0.4) is 0 Å². The van der Waals surface area contributed by atoms with Crippen molar-refractivity contribution < 1.29 is 9.53 Å². The molecule has 1 atom stereocenters. The molecule has 1 heterocycles. The van der Waals surface area contributed by atoms with Crippen molar-refractivity contribution >= 4 is 17.3 Å². The molecule has 0 amide bonds. The van der Waals surface area contributed by atoms with Crippen molar-refractivity contribution in [2.24, 2.45) is 0 Å². The molecule has 1 rings (SSSR count). The molecule has 0 saturated carbocycles. The highest BCUT2D eigenvalue weighted by molar-refractivity contribution is 7.09. The number of esters is 1. The summed E-state index contributed by atoms with van der Waals surface area (Å²) in [5, 5.41) is 11.0. The Morgan fingerprint density at radius 1 is 1.85 bits per heavy atom. The summed E-state index contributed by atoms with van der Waals surface area (Å²) < 4.78 is 4.47. The average molecular weight is 196 g/mol. The van der Waals surface area contributed by atoms with E-state index in [9.17, 15) is 4.79 Å². The molecule has 5 heteroatoms. The number of hydrogen-bond acceptors (Lipinski definition) is 5. The zero-order valence-corrected chi connectivity index (χ0v) is 8.09. The van der Waals surface area contributed by atoms with E-state index in [0.29, 0.717) is 5.01 Å². The van der Waals surface area contributed by atoms with Gasteiger partial charge >= 0.3 is 5.97 Å². The van der Waals surface area contributed by atoms with Gasteiger partial charge in [0.15, 0.2) is 5.92 Å². The lowest BCUT2D eigenvalue weighted by atomic mass is 10.2. The molecule has 68 valence electrons. The maximum absolute atomic E-state index is 11.1. The van der Waals surface area contributed by atoms with E-state index in [1.165, 1.54) is 18.4 Å². The van der Waals surface area contributed by atoms with Crippen molar-refractivity contribution in [2.75, 3.05) is 7.11 Å². The van der Waals surface area contributed by atoms with E-state index in [1.807, 2.05) is 13.0 Å². The fourth-order valence-corrected chi connectivity index (χ4v) is 1.66. The normalized spacial score (nSPS) is 11.8. The number of nitriles is 1. The lowest BCUT2D eigenvalue weighted by Crippen LogP contribution is -2.12. The molecular weight excluding hydrogens is 188 g/mol. The molecule has 1 unspecified atom stereocenters. The van der Waals surface area contributed by atoms with Gasteiger partial charge in [-0.3, -0.25) is 4.79 Å². The fourth-order valence-electron chi connectivity index (χ4n) is 0.831. The van der Waals surface area contributed by atoms with Crippen molar-refractivity contribution in [3.8, 4) is 6.07 Å². The first-order chi connectivity index (χ1) is 6.19. The smallest absolute Gasteiger partial charge is 0.330 e. The van der Waals surface area contributed by atoms with Crippen LogP contribution in [0.15, 0.2) is 5.38 Å². The molecule has 0 aliphatic carbocycles. The van der Waals surface area contributed by atoms with Crippen molar-refractivity contribution in [2.45, 2.75) is 12.8 Å². The van der Waals surface area contributed by atoms with Gasteiger partial charge in [0.2, 0.25) is 0 Å². The number of nitrogens with zero attached hydrogens (tertiary/aromatic N) is 2. The molecule has 13 heavy (non-hydrogen) atoms. The first-order valence-electron chi connectivity index (χ1n) is 3.58. The Bertz CT molecular complexity index is 353. The highest BCUT2D eigenvalue weighted by Crippen LogP contribution is 2.20. The molecule has 0 spiro atoms. The van der Waals surface area contributed by atoms with Crippen LogP contribution in [0.25, 0.3) is 0 Å². The first-order valence-corrected chi connectivity index (χ1v) is 4.46. The minimum atomic E-state index is -0.885. The zero-order valence-electron chi connectivity index (χ0n) is 7.27. The minimum absolute atomic E-state index is 0.492. The van der Waals surface area contributed by atoms with Gasteiger partial charge in [0.05, 0.1) is 13.2 Å². The summed E-state index contributed by atoms with van der Waals surface area (Å²) in [5.74, 6) is -1.44. The van der Waals surface area contributed by atoms with Crippen LogP contribution in [0, 0.1) is 18.3 Å².